The molecule has 0 aliphatic rings. The minimum absolute atomic E-state index is 0.712. The average Bonchev–Trinajstić information content (AvgIpc) is 3.45. The van der Waals surface area contributed by atoms with Crippen molar-refractivity contribution in [1.29, 1.82) is 0 Å². The van der Waals surface area contributed by atoms with Crippen molar-refractivity contribution in [3.05, 3.63) is 169 Å². The number of benzene rings is 6. The smallest absolute Gasteiger partial charge is 0.160 e. The van der Waals surface area contributed by atoms with Gasteiger partial charge < -0.3 is 4.57 Å². The van der Waals surface area contributed by atoms with Crippen molar-refractivity contribution in [3.8, 4) is 50.7 Å². The molecule has 0 saturated carbocycles. The fourth-order valence-corrected chi connectivity index (χ4v) is 6.21. The second-order valence-electron chi connectivity index (χ2n) is 11.7. The molecule has 2 heterocycles. The molecule has 3 heteroatoms. The Bertz CT molecular complexity index is 2290. The normalized spacial score (nSPS) is 11.2. The molecule has 0 fully saturated rings. The quantitative estimate of drug-likeness (QED) is 0.193. The van der Waals surface area contributed by atoms with Crippen LogP contribution in [0.4, 0.5) is 0 Å². The van der Waals surface area contributed by atoms with Crippen LogP contribution in [0.1, 0.15) is 11.1 Å². The monoisotopic (exact) mass is 589 g/mol. The predicted octanol–water partition coefficient (Wildman–Crippen LogP) is 11.2. The standard InChI is InChI=1S/C43H31N3/c1-3-30-16-18-31(19-17-30)34-20-24-41-37(26-34)38-27-35(21-25-42(38)46(41)36-22-14-29(2)15-23-36)40-28-39(32-10-6-4-7-11-32)44-43(45-40)33-12-8-5-9-13-33/h3-28H,1H2,2H3. The molecule has 0 aliphatic heterocycles. The second-order valence-corrected chi connectivity index (χ2v) is 11.7. The van der Waals surface area contributed by atoms with Crippen LogP contribution in [0.5, 0.6) is 0 Å². The molecule has 0 saturated heterocycles. The molecule has 0 bridgehead atoms. The maximum absolute atomic E-state index is 5.12. The molecule has 2 aromatic heterocycles. The molecule has 0 N–H and O–H groups in total. The molecule has 8 rings (SSSR count). The molecule has 218 valence electrons. The summed E-state index contributed by atoms with van der Waals surface area (Å²) in [5.74, 6) is 0.712. The fourth-order valence-electron chi connectivity index (χ4n) is 6.21. The van der Waals surface area contributed by atoms with E-state index < -0.39 is 0 Å². The molecule has 46 heavy (non-hydrogen) atoms. The van der Waals surface area contributed by atoms with Crippen molar-refractivity contribution in [2.24, 2.45) is 0 Å². The lowest BCUT2D eigenvalue weighted by Crippen LogP contribution is -1.96. The van der Waals surface area contributed by atoms with E-state index in [0.717, 1.165) is 44.8 Å². The lowest BCUT2D eigenvalue weighted by Gasteiger charge is -2.10. The van der Waals surface area contributed by atoms with Gasteiger partial charge in [0.05, 0.1) is 22.4 Å². The lowest BCUT2D eigenvalue weighted by molar-refractivity contribution is 1.17. The summed E-state index contributed by atoms with van der Waals surface area (Å²) in [5, 5.41) is 2.38. The summed E-state index contributed by atoms with van der Waals surface area (Å²) in [6.07, 6.45) is 1.88. The Morgan fingerprint density at radius 1 is 0.500 bits per heavy atom. The van der Waals surface area contributed by atoms with Gasteiger partial charge in [-0.15, -0.1) is 0 Å². The molecule has 8 aromatic rings. The van der Waals surface area contributed by atoms with Gasteiger partial charge in [-0.05, 0) is 66.1 Å². The third kappa shape index (κ3) is 4.98. The minimum atomic E-state index is 0.712. The summed E-state index contributed by atoms with van der Waals surface area (Å²) >= 11 is 0. The highest BCUT2D eigenvalue weighted by atomic mass is 15.0. The Morgan fingerprint density at radius 3 is 1.67 bits per heavy atom. The Morgan fingerprint density at radius 2 is 1.04 bits per heavy atom. The Labute approximate surface area is 268 Å². The maximum atomic E-state index is 5.12. The van der Waals surface area contributed by atoms with E-state index in [2.05, 4.69) is 133 Å². The second kappa shape index (κ2) is 11.5. The first-order chi connectivity index (χ1) is 22.6. The number of hydrogen-bond acceptors (Lipinski definition) is 2. The zero-order valence-electron chi connectivity index (χ0n) is 25.6. The van der Waals surface area contributed by atoms with Crippen molar-refractivity contribution in [3.63, 3.8) is 0 Å². The van der Waals surface area contributed by atoms with E-state index in [1.165, 1.54) is 33.0 Å². The summed E-state index contributed by atoms with van der Waals surface area (Å²) in [6.45, 7) is 6.04. The first kappa shape index (κ1) is 27.5. The van der Waals surface area contributed by atoms with Gasteiger partial charge in [0.2, 0.25) is 0 Å². The highest BCUT2D eigenvalue weighted by Gasteiger charge is 2.16. The zero-order valence-corrected chi connectivity index (χ0v) is 25.6. The summed E-state index contributed by atoms with van der Waals surface area (Å²) in [7, 11) is 0. The molecule has 6 aromatic carbocycles. The first-order valence-electron chi connectivity index (χ1n) is 15.5. The molecule has 0 radical (unpaired) electrons. The van der Waals surface area contributed by atoms with Gasteiger partial charge in [-0.3, -0.25) is 0 Å². The summed E-state index contributed by atoms with van der Waals surface area (Å²) in [4.78, 5) is 10.1. The number of aromatic nitrogens is 3. The van der Waals surface area contributed by atoms with E-state index >= 15 is 0 Å². The average molecular weight is 590 g/mol. The highest BCUT2D eigenvalue weighted by molar-refractivity contribution is 6.11. The van der Waals surface area contributed by atoms with Crippen molar-refractivity contribution >= 4 is 27.9 Å². The number of fused-ring (bicyclic) bond motifs is 3. The fraction of sp³-hybridized carbons (Fsp3) is 0.0233. The van der Waals surface area contributed by atoms with Gasteiger partial charge in [-0.2, -0.15) is 0 Å². The van der Waals surface area contributed by atoms with Crippen molar-refractivity contribution < 1.29 is 0 Å². The summed E-state index contributed by atoms with van der Waals surface area (Å²) in [6, 6.07) is 53.5. The largest absolute Gasteiger partial charge is 0.309 e. The van der Waals surface area contributed by atoms with Crippen LogP contribution >= 0.6 is 0 Å². The van der Waals surface area contributed by atoms with Crippen LogP contribution < -0.4 is 0 Å². The lowest BCUT2D eigenvalue weighted by atomic mass is 10.0. The van der Waals surface area contributed by atoms with Gasteiger partial charge in [-0.25, -0.2) is 9.97 Å². The van der Waals surface area contributed by atoms with Crippen LogP contribution in [-0.2, 0) is 0 Å². The van der Waals surface area contributed by atoms with Crippen molar-refractivity contribution in [2.75, 3.05) is 0 Å². The third-order valence-electron chi connectivity index (χ3n) is 8.66. The van der Waals surface area contributed by atoms with Gasteiger partial charge in [0, 0.05) is 33.2 Å². The Kier molecular flexibility index (Phi) is 6.85. The van der Waals surface area contributed by atoms with E-state index in [0.29, 0.717) is 5.82 Å². The van der Waals surface area contributed by atoms with Crippen LogP contribution in [0.2, 0.25) is 0 Å². The highest BCUT2D eigenvalue weighted by Crippen LogP contribution is 2.38. The predicted molar refractivity (Wildman–Crippen MR) is 193 cm³/mol. The van der Waals surface area contributed by atoms with Gasteiger partial charge >= 0.3 is 0 Å². The summed E-state index contributed by atoms with van der Waals surface area (Å²) < 4.78 is 2.36. The minimum Gasteiger partial charge on any atom is -0.309 e. The van der Waals surface area contributed by atoms with E-state index in [1.54, 1.807) is 0 Å². The van der Waals surface area contributed by atoms with E-state index in [9.17, 15) is 0 Å². The third-order valence-corrected chi connectivity index (χ3v) is 8.66. The van der Waals surface area contributed by atoms with Gasteiger partial charge in [0.15, 0.2) is 5.82 Å². The molecule has 0 unspecified atom stereocenters. The van der Waals surface area contributed by atoms with E-state index in [4.69, 9.17) is 9.97 Å². The van der Waals surface area contributed by atoms with Crippen LogP contribution in [0, 0.1) is 6.92 Å². The molecule has 3 nitrogen and oxygen atoms in total. The van der Waals surface area contributed by atoms with Gasteiger partial charge in [0.1, 0.15) is 0 Å². The van der Waals surface area contributed by atoms with Crippen LogP contribution in [0.25, 0.3) is 78.6 Å². The van der Waals surface area contributed by atoms with E-state index in [1.807, 2.05) is 42.5 Å². The molecule has 0 aliphatic carbocycles. The van der Waals surface area contributed by atoms with Crippen LogP contribution in [-0.4, -0.2) is 14.5 Å². The molecular weight excluding hydrogens is 558 g/mol. The Hall–Kier alpha value is -6.06. The molecule has 0 spiro atoms. The van der Waals surface area contributed by atoms with Gasteiger partial charge in [0.25, 0.3) is 0 Å². The molecule has 0 atom stereocenters. The first-order valence-corrected chi connectivity index (χ1v) is 15.5. The van der Waals surface area contributed by atoms with Crippen molar-refractivity contribution in [2.45, 2.75) is 6.92 Å². The maximum Gasteiger partial charge on any atom is 0.160 e. The summed E-state index contributed by atoms with van der Waals surface area (Å²) in [5.41, 5.74) is 13.1. The van der Waals surface area contributed by atoms with Crippen molar-refractivity contribution in [1.82, 2.24) is 14.5 Å². The number of aryl methyl sites for hydroxylation is 1. The topological polar surface area (TPSA) is 30.7 Å². The SMILES string of the molecule is C=Cc1ccc(-c2ccc3c(c2)c2cc(-c4cc(-c5ccccc5)nc(-c5ccccc5)n4)ccc2n3-c2ccc(C)cc2)cc1. The van der Waals surface area contributed by atoms with E-state index in [-0.39, 0.29) is 0 Å². The van der Waals surface area contributed by atoms with Crippen LogP contribution in [0.15, 0.2) is 158 Å². The molecular formula is C43H31N3. The number of nitrogens with zero attached hydrogens (tertiary/aromatic N) is 3. The number of rotatable bonds is 6. The van der Waals surface area contributed by atoms with Gasteiger partial charge in [-0.1, -0.05) is 127 Å². The zero-order chi connectivity index (χ0) is 31.0. The Balaban J connectivity index is 1.36. The number of hydrogen-bond donors (Lipinski definition) is 0. The molecule has 0 amide bonds. The van der Waals surface area contributed by atoms with Crippen LogP contribution in [0.3, 0.4) is 0 Å².